The number of ether oxygens (including phenoxy) is 4. The first-order valence-corrected chi connectivity index (χ1v) is 35.5. The molecule has 0 amide bonds. The summed E-state index contributed by atoms with van der Waals surface area (Å²) in [5.74, 6) is 1.70. The number of hydrogen-bond acceptors (Lipinski definition) is 7. The number of thiophene rings is 1. The first kappa shape index (κ1) is 69.8. The minimum absolute atomic E-state index is 0.158. The van der Waals surface area contributed by atoms with E-state index in [1.165, 1.54) is 262 Å². The molecule has 1 aliphatic rings. The van der Waals surface area contributed by atoms with Crippen LogP contribution in [0, 0.1) is 6.92 Å². The molecule has 3 aromatic rings. The van der Waals surface area contributed by atoms with Crippen molar-refractivity contribution in [2.24, 2.45) is 10.2 Å². The number of rotatable bonds is 53. The van der Waals surface area contributed by atoms with Gasteiger partial charge in [0, 0.05) is 13.5 Å². The maximum atomic E-state index is 7.38. The summed E-state index contributed by atoms with van der Waals surface area (Å²) in [4.78, 5) is 2.21. The molecule has 0 radical (unpaired) electrons. The second-order valence-corrected chi connectivity index (χ2v) is 25.7. The summed E-state index contributed by atoms with van der Waals surface area (Å²) in [5.41, 5.74) is 4.36. The zero-order chi connectivity index (χ0) is 56.8. The molecule has 0 saturated heterocycles. The lowest BCUT2D eigenvalue weighted by Gasteiger charge is -2.25. The second-order valence-electron chi connectivity index (χ2n) is 24.6. The first-order chi connectivity index (χ1) is 39.5. The molecule has 1 aliphatic heterocycles. The minimum atomic E-state index is -0.164. The van der Waals surface area contributed by atoms with Crippen molar-refractivity contribution in [2.45, 2.75) is 348 Å². The molecule has 0 fully saturated rings. The van der Waals surface area contributed by atoms with E-state index in [1.54, 1.807) is 18.4 Å². The maximum Gasteiger partial charge on any atom is 0.181 e. The molecule has 0 spiro atoms. The lowest BCUT2D eigenvalue weighted by atomic mass is 10.0. The van der Waals surface area contributed by atoms with Crippen LogP contribution in [0.15, 0.2) is 58.8 Å². The number of aryl methyl sites for hydroxylation is 1. The fraction of sp³-hybridized carbons (Fsp3) is 0.781. The summed E-state index contributed by atoms with van der Waals surface area (Å²) in [5, 5.41) is 8.40. The van der Waals surface area contributed by atoms with E-state index in [0.717, 1.165) is 70.2 Å². The lowest BCUT2D eigenvalue weighted by molar-refractivity contribution is -0.0365. The van der Waals surface area contributed by atoms with Gasteiger partial charge in [0.1, 0.15) is 12.2 Å². The van der Waals surface area contributed by atoms with Crippen molar-refractivity contribution in [3.05, 3.63) is 54.1 Å². The van der Waals surface area contributed by atoms with E-state index in [9.17, 15) is 0 Å². The molecule has 2 heterocycles. The van der Waals surface area contributed by atoms with Crippen LogP contribution in [0.1, 0.15) is 322 Å². The SMILES string of the molecule is CCCCCCCCCCCCC(CCCCCCCCCCCC)OCC1CC(COC(CCCCCCCCCCCC)CCCCCCCCCCCC)Oc2c(-c3ccc(/N=N/C)cc3)sc(-c3ccc(C)cc3)c2O1. The normalized spacial score (nSPS) is 14.6. The quantitative estimate of drug-likeness (QED) is 0.0417. The van der Waals surface area contributed by atoms with Crippen molar-refractivity contribution < 1.29 is 18.9 Å². The maximum absolute atomic E-state index is 7.38. The van der Waals surface area contributed by atoms with Gasteiger partial charge in [-0.05, 0) is 55.9 Å². The van der Waals surface area contributed by atoms with Gasteiger partial charge >= 0.3 is 0 Å². The van der Waals surface area contributed by atoms with E-state index in [0.29, 0.717) is 13.2 Å². The first-order valence-electron chi connectivity index (χ1n) is 34.7. The van der Waals surface area contributed by atoms with Crippen LogP contribution in [0.2, 0.25) is 0 Å². The largest absolute Gasteiger partial charge is 0.482 e. The molecule has 80 heavy (non-hydrogen) atoms. The van der Waals surface area contributed by atoms with Gasteiger partial charge in [-0.25, -0.2) is 0 Å². The molecular formula is C73H124N2O4S. The van der Waals surface area contributed by atoms with Crippen molar-refractivity contribution in [3.63, 3.8) is 0 Å². The van der Waals surface area contributed by atoms with Gasteiger partial charge in [0.15, 0.2) is 11.5 Å². The summed E-state index contributed by atoms with van der Waals surface area (Å²) in [7, 11) is 1.73. The Labute approximate surface area is 498 Å². The average Bonchev–Trinajstić information content (AvgIpc) is 3.78. The Morgan fingerprint density at radius 3 is 0.963 bits per heavy atom. The second kappa shape index (κ2) is 47.6. The zero-order valence-corrected chi connectivity index (χ0v) is 53.9. The van der Waals surface area contributed by atoms with Gasteiger partial charge in [0.25, 0.3) is 0 Å². The van der Waals surface area contributed by atoms with E-state index >= 15 is 0 Å². The topological polar surface area (TPSA) is 61.6 Å². The smallest absolute Gasteiger partial charge is 0.181 e. The summed E-state index contributed by atoms with van der Waals surface area (Å²) < 4.78 is 29.1. The van der Waals surface area contributed by atoms with Gasteiger partial charge in [-0.3, -0.25) is 0 Å². The summed E-state index contributed by atoms with van der Waals surface area (Å²) in [6, 6.07) is 17.4. The van der Waals surface area contributed by atoms with Crippen molar-refractivity contribution in [1.82, 2.24) is 0 Å². The molecule has 0 aliphatic carbocycles. The molecule has 2 aromatic carbocycles. The third kappa shape index (κ3) is 31.8. The Morgan fingerprint density at radius 2 is 0.675 bits per heavy atom. The number of nitrogens with zero attached hydrogens (tertiary/aromatic N) is 2. The van der Waals surface area contributed by atoms with Crippen molar-refractivity contribution >= 4 is 17.0 Å². The van der Waals surface area contributed by atoms with Gasteiger partial charge in [-0.15, -0.1) is 11.3 Å². The standard InChI is InChI=1S/C73H124N2O4S/c1-7-11-15-19-23-27-31-35-39-43-47-66(48-44-40-36-32-28-24-20-16-12-8-2)76-60-68-59-69(61-77-67(49-45-41-37-33-29-25-21-17-13-9-3)50-46-42-38-34-30-26-22-18-14-10-4)79-71-70(78-68)72(63-53-51-62(5)52-54-63)80-73(71)64-55-57-65(58-56-64)75-74-6/h51-58,66-69H,7-50,59-61H2,1-6H3/b75-74+. The minimum Gasteiger partial charge on any atom is -0.482 e. The van der Waals surface area contributed by atoms with Crippen molar-refractivity contribution in [1.29, 1.82) is 0 Å². The average molecular weight is 1130 g/mol. The Bertz CT molecular complexity index is 1850. The fourth-order valence-electron chi connectivity index (χ4n) is 12.0. The van der Waals surface area contributed by atoms with Crippen LogP contribution in [-0.4, -0.2) is 44.7 Å². The Morgan fingerprint density at radius 1 is 0.400 bits per heavy atom. The lowest BCUT2D eigenvalue weighted by Crippen LogP contribution is -2.34. The fourth-order valence-corrected chi connectivity index (χ4v) is 13.1. The van der Waals surface area contributed by atoms with Crippen LogP contribution in [-0.2, 0) is 9.47 Å². The number of benzene rings is 2. The molecular weight excluding hydrogens is 1000 g/mol. The van der Waals surface area contributed by atoms with Crippen LogP contribution in [0.5, 0.6) is 11.5 Å². The number of fused-ring (bicyclic) bond motifs is 1. The highest BCUT2D eigenvalue weighted by molar-refractivity contribution is 7.19. The van der Waals surface area contributed by atoms with Crippen molar-refractivity contribution in [3.8, 4) is 32.4 Å². The molecule has 0 N–H and O–H groups in total. The third-order valence-corrected chi connectivity index (χ3v) is 18.4. The Balaban J connectivity index is 1.54. The molecule has 0 saturated carbocycles. The predicted molar refractivity (Wildman–Crippen MR) is 349 cm³/mol. The van der Waals surface area contributed by atoms with Gasteiger partial charge < -0.3 is 18.9 Å². The Kier molecular flexibility index (Phi) is 41.5. The van der Waals surface area contributed by atoms with Gasteiger partial charge in [-0.1, -0.05) is 326 Å². The van der Waals surface area contributed by atoms with Crippen LogP contribution in [0.25, 0.3) is 20.9 Å². The zero-order valence-electron chi connectivity index (χ0n) is 53.1. The van der Waals surface area contributed by atoms with E-state index in [4.69, 9.17) is 18.9 Å². The summed E-state index contributed by atoms with van der Waals surface area (Å²) in [6.45, 7) is 12.5. The molecule has 2 atom stereocenters. The monoisotopic (exact) mass is 1120 g/mol. The van der Waals surface area contributed by atoms with Crippen LogP contribution in [0.4, 0.5) is 5.69 Å². The van der Waals surface area contributed by atoms with Gasteiger partial charge in [0.2, 0.25) is 0 Å². The highest BCUT2D eigenvalue weighted by atomic mass is 32.1. The van der Waals surface area contributed by atoms with Crippen LogP contribution >= 0.6 is 11.3 Å². The molecule has 0 bridgehead atoms. The number of hydrogen-bond donors (Lipinski definition) is 0. The van der Waals surface area contributed by atoms with E-state index in [-0.39, 0.29) is 24.4 Å². The predicted octanol–water partition coefficient (Wildman–Crippen LogP) is 25.0. The van der Waals surface area contributed by atoms with E-state index in [2.05, 4.69) is 93.4 Å². The van der Waals surface area contributed by atoms with E-state index < -0.39 is 0 Å². The number of azo groups is 1. The highest BCUT2D eigenvalue weighted by Gasteiger charge is 2.34. The third-order valence-electron chi connectivity index (χ3n) is 17.1. The number of unbranched alkanes of at least 4 members (excludes halogenated alkanes) is 36. The van der Waals surface area contributed by atoms with E-state index in [1.807, 2.05) is 0 Å². The molecule has 2 unspecified atom stereocenters. The Hall–Kier alpha value is -2.74. The molecule has 456 valence electrons. The van der Waals surface area contributed by atoms with Gasteiger partial charge in [-0.2, -0.15) is 10.2 Å². The molecule has 7 heteroatoms. The molecule has 1 aromatic heterocycles. The molecule has 6 nitrogen and oxygen atoms in total. The van der Waals surface area contributed by atoms with Crippen molar-refractivity contribution in [2.75, 3.05) is 20.3 Å². The van der Waals surface area contributed by atoms with Gasteiger partial charge in [0.05, 0.1) is 40.9 Å². The molecule has 4 rings (SSSR count). The summed E-state index contributed by atoms with van der Waals surface area (Å²) >= 11 is 1.78. The van der Waals surface area contributed by atoms with Crippen LogP contribution < -0.4 is 9.47 Å². The highest BCUT2D eigenvalue weighted by Crippen LogP contribution is 2.54. The summed E-state index contributed by atoms with van der Waals surface area (Å²) in [6.07, 6.45) is 59.8. The van der Waals surface area contributed by atoms with Crippen LogP contribution in [0.3, 0.4) is 0 Å².